The van der Waals surface area contributed by atoms with Crippen molar-refractivity contribution in [2.75, 3.05) is 13.7 Å². The number of rotatable bonds is 13. The lowest BCUT2D eigenvalue weighted by atomic mass is 10.0. The maximum atomic E-state index is 13.7. The van der Waals surface area contributed by atoms with Crippen LogP contribution in [0, 0.1) is 5.92 Å². The van der Waals surface area contributed by atoms with Crippen LogP contribution >= 0.6 is 0 Å². The number of benzene rings is 3. The number of carbonyl (C=O) groups is 2. The van der Waals surface area contributed by atoms with Gasteiger partial charge in [0.15, 0.2) is 0 Å². The lowest BCUT2D eigenvalue weighted by Gasteiger charge is -2.32. The molecule has 5 nitrogen and oxygen atoms in total. The summed E-state index contributed by atoms with van der Waals surface area (Å²) in [6, 6.07) is 27.0. The lowest BCUT2D eigenvalue weighted by molar-refractivity contribution is -0.141. The number of methoxy groups -OCH3 is 1. The Morgan fingerprint density at radius 2 is 1.44 bits per heavy atom. The minimum Gasteiger partial charge on any atom is -0.497 e. The van der Waals surface area contributed by atoms with Crippen molar-refractivity contribution in [2.24, 2.45) is 5.92 Å². The Labute approximate surface area is 215 Å². The van der Waals surface area contributed by atoms with Gasteiger partial charge in [-0.05, 0) is 47.6 Å². The fourth-order valence-electron chi connectivity index (χ4n) is 4.12. The quantitative estimate of drug-likeness (QED) is 0.350. The molecule has 1 N–H and O–H groups in total. The minimum absolute atomic E-state index is 0.0328. The maximum absolute atomic E-state index is 13.7. The van der Waals surface area contributed by atoms with E-state index >= 15 is 0 Å². The van der Waals surface area contributed by atoms with Gasteiger partial charge < -0.3 is 15.0 Å². The zero-order chi connectivity index (χ0) is 25.8. The number of hydrogen-bond donors (Lipinski definition) is 1. The first-order valence-corrected chi connectivity index (χ1v) is 12.7. The monoisotopic (exact) mass is 486 g/mol. The molecule has 0 radical (unpaired) electrons. The Morgan fingerprint density at radius 1 is 0.833 bits per heavy atom. The SMILES string of the molecule is COc1ccc(CN(C(=O)CCc2ccccc2)[C@H](Cc2ccccc2)C(=O)NCCC(C)C)cc1. The summed E-state index contributed by atoms with van der Waals surface area (Å²) in [5.74, 6) is 1.10. The molecular formula is C31H38N2O3. The molecule has 0 aliphatic carbocycles. The standard InChI is InChI=1S/C31H38N2O3/c1-24(2)20-21-32-31(35)29(22-26-12-8-5-9-13-26)33(23-27-14-17-28(36-3)18-15-27)30(34)19-16-25-10-6-4-7-11-25/h4-15,17-18,24,29H,16,19-23H2,1-3H3,(H,32,35)/t29-/m1/s1. The molecule has 3 aromatic rings. The summed E-state index contributed by atoms with van der Waals surface area (Å²) < 4.78 is 5.29. The Hall–Kier alpha value is -3.60. The van der Waals surface area contributed by atoms with Crippen LogP contribution < -0.4 is 10.1 Å². The van der Waals surface area contributed by atoms with Crippen LogP contribution in [0.25, 0.3) is 0 Å². The van der Waals surface area contributed by atoms with E-state index in [1.165, 1.54) is 0 Å². The van der Waals surface area contributed by atoms with Gasteiger partial charge in [0.2, 0.25) is 11.8 Å². The Balaban J connectivity index is 1.87. The highest BCUT2D eigenvalue weighted by atomic mass is 16.5. The molecule has 190 valence electrons. The zero-order valence-corrected chi connectivity index (χ0v) is 21.7. The number of nitrogens with one attached hydrogen (secondary N) is 1. The number of amides is 2. The van der Waals surface area contributed by atoms with Gasteiger partial charge in [-0.3, -0.25) is 9.59 Å². The Morgan fingerprint density at radius 3 is 2.03 bits per heavy atom. The van der Waals surface area contributed by atoms with E-state index in [0.717, 1.165) is 28.9 Å². The minimum atomic E-state index is -0.607. The van der Waals surface area contributed by atoms with E-state index in [1.54, 1.807) is 12.0 Å². The topological polar surface area (TPSA) is 58.6 Å². The van der Waals surface area contributed by atoms with Crippen molar-refractivity contribution in [2.45, 2.75) is 52.1 Å². The molecular weight excluding hydrogens is 448 g/mol. The fraction of sp³-hybridized carbons (Fsp3) is 0.355. The molecule has 0 spiro atoms. The first kappa shape index (κ1) is 27.0. The Kier molecular flexibility index (Phi) is 10.6. The molecule has 0 fully saturated rings. The smallest absolute Gasteiger partial charge is 0.243 e. The molecule has 0 aliphatic heterocycles. The highest BCUT2D eigenvalue weighted by molar-refractivity contribution is 5.88. The van der Waals surface area contributed by atoms with Gasteiger partial charge >= 0.3 is 0 Å². The predicted molar refractivity (Wildman–Crippen MR) is 145 cm³/mol. The number of carbonyl (C=O) groups excluding carboxylic acids is 2. The van der Waals surface area contributed by atoms with Crippen LogP contribution in [0.4, 0.5) is 0 Å². The second-order valence-electron chi connectivity index (χ2n) is 9.53. The second-order valence-corrected chi connectivity index (χ2v) is 9.53. The van der Waals surface area contributed by atoms with Gasteiger partial charge in [0.1, 0.15) is 11.8 Å². The predicted octanol–water partition coefficient (Wildman–Crippen LogP) is 5.43. The molecule has 0 heterocycles. The number of nitrogens with zero attached hydrogens (tertiary/aromatic N) is 1. The van der Waals surface area contributed by atoms with Crippen LogP contribution in [0.1, 0.15) is 43.4 Å². The second kappa shape index (κ2) is 14.1. The summed E-state index contributed by atoms with van der Waals surface area (Å²) in [7, 11) is 1.63. The van der Waals surface area contributed by atoms with Crippen molar-refractivity contribution in [3.05, 3.63) is 102 Å². The third-order valence-corrected chi connectivity index (χ3v) is 6.27. The van der Waals surface area contributed by atoms with Crippen molar-refractivity contribution < 1.29 is 14.3 Å². The van der Waals surface area contributed by atoms with Crippen molar-refractivity contribution in [1.29, 1.82) is 0 Å². The van der Waals surface area contributed by atoms with Gasteiger partial charge in [0, 0.05) is 25.9 Å². The molecule has 0 aromatic heterocycles. The molecule has 0 saturated heterocycles. The lowest BCUT2D eigenvalue weighted by Crippen LogP contribution is -2.50. The molecule has 0 bridgehead atoms. The highest BCUT2D eigenvalue weighted by Gasteiger charge is 2.30. The van der Waals surface area contributed by atoms with E-state index in [2.05, 4.69) is 19.2 Å². The summed E-state index contributed by atoms with van der Waals surface area (Å²) in [6.45, 7) is 5.22. The summed E-state index contributed by atoms with van der Waals surface area (Å²) in [4.78, 5) is 29.0. The Bertz CT molecular complexity index is 1070. The summed E-state index contributed by atoms with van der Waals surface area (Å²) in [5, 5.41) is 3.09. The first-order chi connectivity index (χ1) is 17.5. The van der Waals surface area contributed by atoms with Crippen molar-refractivity contribution in [3.8, 4) is 5.75 Å². The van der Waals surface area contributed by atoms with E-state index in [1.807, 2.05) is 84.9 Å². The molecule has 36 heavy (non-hydrogen) atoms. The van der Waals surface area contributed by atoms with Gasteiger partial charge in [-0.25, -0.2) is 0 Å². The average molecular weight is 487 g/mol. The van der Waals surface area contributed by atoms with Crippen molar-refractivity contribution in [3.63, 3.8) is 0 Å². The molecule has 0 aliphatic rings. The number of ether oxygens (including phenoxy) is 1. The van der Waals surface area contributed by atoms with Gasteiger partial charge in [0.25, 0.3) is 0 Å². The number of aryl methyl sites for hydroxylation is 1. The molecule has 3 aromatic carbocycles. The van der Waals surface area contributed by atoms with E-state index < -0.39 is 6.04 Å². The van der Waals surface area contributed by atoms with Crippen LogP contribution in [0.5, 0.6) is 5.75 Å². The van der Waals surface area contributed by atoms with Gasteiger partial charge in [-0.1, -0.05) is 86.6 Å². The fourth-order valence-corrected chi connectivity index (χ4v) is 4.12. The van der Waals surface area contributed by atoms with E-state index in [4.69, 9.17) is 4.74 Å². The van der Waals surface area contributed by atoms with Crippen molar-refractivity contribution >= 4 is 11.8 Å². The first-order valence-electron chi connectivity index (χ1n) is 12.7. The highest BCUT2D eigenvalue weighted by Crippen LogP contribution is 2.19. The van der Waals surface area contributed by atoms with Crippen molar-refractivity contribution in [1.82, 2.24) is 10.2 Å². The van der Waals surface area contributed by atoms with Gasteiger partial charge in [-0.15, -0.1) is 0 Å². The van der Waals surface area contributed by atoms with Crippen LogP contribution in [-0.2, 0) is 29.0 Å². The third-order valence-electron chi connectivity index (χ3n) is 6.27. The summed E-state index contributed by atoms with van der Waals surface area (Å²) >= 11 is 0. The van der Waals surface area contributed by atoms with Crippen LogP contribution in [0.2, 0.25) is 0 Å². The molecule has 0 saturated carbocycles. The van der Waals surface area contributed by atoms with Crippen LogP contribution in [-0.4, -0.2) is 36.4 Å². The zero-order valence-electron chi connectivity index (χ0n) is 21.7. The number of hydrogen-bond acceptors (Lipinski definition) is 3. The molecule has 5 heteroatoms. The third kappa shape index (κ3) is 8.56. The molecule has 3 rings (SSSR count). The van der Waals surface area contributed by atoms with E-state index in [0.29, 0.717) is 38.3 Å². The normalized spacial score (nSPS) is 11.7. The van der Waals surface area contributed by atoms with Gasteiger partial charge in [-0.2, -0.15) is 0 Å². The van der Waals surface area contributed by atoms with Crippen LogP contribution in [0.15, 0.2) is 84.9 Å². The average Bonchev–Trinajstić information content (AvgIpc) is 2.90. The largest absolute Gasteiger partial charge is 0.497 e. The van der Waals surface area contributed by atoms with Crippen LogP contribution in [0.3, 0.4) is 0 Å². The summed E-state index contributed by atoms with van der Waals surface area (Å²) in [5.41, 5.74) is 3.09. The van der Waals surface area contributed by atoms with E-state index in [-0.39, 0.29) is 11.8 Å². The van der Waals surface area contributed by atoms with Gasteiger partial charge in [0.05, 0.1) is 7.11 Å². The molecule has 2 amide bonds. The molecule has 0 unspecified atom stereocenters. The maximum Gasteiger partial charge on any atom is 0.243 e. The summed E-state index contributed by atoms with van der Waals surface area (Å²) in [6.07, 6.45) is 2.32. The van der Waals surface area contributed by atoms with E-state index in [9.17, 15) is 9.59 Å². The molecule has 1 atom stereocenters.